The number of rotatable bonds is 9. The molecule has 0 aliphatic rings. The zero-order valence-electron chi connectivity index (χ0n) is 15.8. The van der Waals surface area contributed by atoms with Gasteiger partial charge in [-0.3, -0.25) is 14.9 Å². The van der Waals surface area contributed by atoms with Gasteiger partial charge in [0.15, 0.2) is 6.61 Å². The van der Waals surface area contributed by atoms with Gasteiger partial charge in [0.2, 0.25) is 0 Å². The fraction of sp³-hybridized carbons (Fsp3) is 0.300. The van der Waals surface area contributed by atoms with Crippen molar-refractivity contribution in [1.29, 1.82) is 0 Å². The number of carbonyl (C=O) groups is 2. The number of hydrogen-bond acceptors (Lipinski definition) is 6. The fourth-order valence-electron chi connectivity index (χ4n) is 2.63. The highest BCUT2D eigenvalue weighted by Gasteiger charge is 2.19. The molecular formula is C20H23N3O5. The Hall–Kier alpha value is -3.42. The smallest absolute Gasteiger partial charge is 0.338 e. The van der Waals surface area contributed by atoms with Gasteiger partial charge in [-0.05, 0) is 37.6 Å². The molecule has 2 aromatic carbocycles. The van der Waals surface area contributed by atoms with Gasteiger partial charge in [0.1, 0.15) is 5.69 Å². The molecule has 0 aromatic heterocycles. The number of carbonyl (C=O) groups excluding carboxylic acids is 2. The van der Waals surface area contributed by atoms with Crippen LogP contribution in [0.15, 0.2) is 48.5 Å². The summed E-state index contributed by atoms with van der Waals surface area (Å²) in [7, 11) is 0. The normalized spacial score (nSPS) is 11.4. The molecular weight excluding hydrogens is 362 g/mol. The number of ether oxygens (including phenoxy) is 1. The molecule has 2 N–H and O–H groups in total. The predicted octanol–water partition coefficient (Wildman–Crippen LogP) is 3.80. The van der Waals surface area contributed by atoms with E-state index in [1.165, 1.54) is 12.1 Å². The molecule has 0 aliphatic heterocycles. The Balaban J connectivity index is 2.05. The third kappa shape index (κ3) is 6.08. The van der Waals surface area contributed by atoms with E-state index >= 15 is 0 Å². The third-order valence-electron chi connectivity index (χ3n) is 3.95. The van der Waals surface area contributed by atoms with Crippen LogP contribution in [0.4, 0.5) is 17.1 Å². The Kier molecular flexibility index (Phi) is 7.50. The van der Waals surface area contributed by atoms with Crippen LogP contribution in [0.1, 0.15) is 37.0 Å². The van der Waals surface area contributed by atoms with Crippen LogP contribution in [0, 0.1) is 10.1 Å². The molecule has 1 atom stereocenters. The molecule has 2 aromatic rings. The molecule has 8 nitrogen and oxygen atoms in total. The molecule has 1 amide bonds. The number of anilines is 2. The Labute approximate surface area is 163 Å². The van der Waals surface area contributed by atoms with Crippen molar-refractivity contribution in [3.63, 3.8) is 0 Å². The molecule has 0 bridgehead atoms. The Bertz CT molecular complexity index is 839. The van der Waals surface area contributed by atoms with Crippen molar-refractivity contribution in [1.82, 2.24) is 5.32 Å². The summed E-state index contributed by atoms with van der Waals surface area (Å²) in [6.07, 6.45) is 1.75. The number of nitro groups is 1. The largest absolute Gasteiger partial charge is 0.452 e. The van der Waals surface area contributed by atoms with Crippen molar-refractivity contribution in [2.75, 3.05) is 11.9 Å². The van der Waals surface area contributed by atoms with E-state index in [1.54, 1.807) is 24.3 Å². The van der Waals surface area contributed by atoms with E-state index in [0.29, 0.717) is 5.69 Å². The fourth-order valence-corrected chi connectivity index (χ4v) is 2.63. The first-order chi connectivity index (χ1) is 13.4. The highest BCUT2D eigenvalue weighted by atomic mass is 16.6. The molecule has 0 aliphatic carbocycles. The van der Waals surface area contributed by atoms with E-state index < -0.39 is 23.4 Å². The van der Waals surface area contributed by atoms with Crippen LogP contribution in [-0.2, 0) is 9.53 Å². The molecule has 2 rings (SSSR count). The second kappa shape index (κ2) is 10.1. The number of nitrogens with one attached hydrogen (secondary N) is 2. The van der Waals surface area contributed by atoms with E-state index in [2.05, 4.69) is 10.6 Å². The third-order valence-corrected chi connectivity index (χ3v) is 3.95. The van der Waals surface area contributed by atoms with Crippen LogP contribution >= 0.6 is 0 Å². The van der Waals surface area contributed by atoms with Gasteiger partial charge in [-0.15, -0.1) is 0 Å². The molecule has 0 spiro atoms. The summed E-state index contributed by atoms with van der Waals surface area (Å²) in [5, 5.41) is 17.1. The van der Waals surface area contributed by atoms with E-state index in [9.17, 15) is 19.7 Å². The lowest BCUT2D eigenvalue weighted by Gasteiger charge is -2.13. The molecule has 8 heteroatoms. The first-order valence-electron chi connectivity index (χ1n) is 8.97. The second-order valence-corrected chi connectivity index (χ2v) is 6.31. The van der Waals surface area contributed by atoms with Gasteiger partial charge < -0.3 is 15.4 Å². The van der Waals surface area contributed by atoms with Gasteiger partial charge in [0, 0.05) is 17.8 Å². The van der Waals surface area contributed by atoms with Crippen molar-refractivity contribution in [3.8, 4) is 0 Å². The van der Waals surface area contributed by atoms with Crippen molar-refractivity contribution in [3.05, 3.63) is 64.2 Å². The molecule has 0 fully saturated rings. The van der Waals surface area contributed by atoms with Gasteiger partial charge in [-0.2, -0.15) is 0 Å². The van der Waals surface area contributed by atoms with Crippen LogP contribution in [0.5, 0.6) is 0 Å². The lowest BCUT2D eigenvalue weighted by atomic mass is 10.1. The summed E-state index contributed by atoms with van der Waals surface area (Å²) in [5.74, 6) is -1.21. The van der Waals surface area contributed by atoms with E-state index in [4.69, 9.17) is 4.74 Å². The monoisotopic (exact) mass is 385 g/mol. The van der Waals surface area contributed by atoms with Gasteiger partial charge in [0.05, 0.1) is 10.5 Å². The minimum Gasteiger partial charge on any atom is -0.452 e. The average Bonchev–Trinajstić information content (AvgIpc) is 2.67. The molecule has 0 saturated heterocycles. The van der Waals surface area contributed by atoms with Crippen molar-refractivity contribution >= 4 is 28.9 Å². The number of nitrogens with zero attached hydrogens (tertiary/aromatic N) is 1. The van der Waals surface area contributed by atoms with Gasteiger partial charge in [-0.1, -0.05) is 31.5 Å². The first-order valence-corrected chi connectivity index (χ1v) is 8.97. The van der Waals surface area contributed by atoms with Crippen LogP contribution in [0.2, 0.25) is 0 Å². The molecule has 0 saturated carbocycles. The lowest BCUT2D eigenvalue weighted by Crippen LogP contribution is -2.35. The standard InChI is InChI=1S/C20H23N3O5/c1-3-7-14(2)21-19(24)13-28-20(25)15-10-11-17(18(12-15)23(26)27)22-16-8-5-4-6-9-16/h4-6,8-12,14,22H,3,7,13H2,1-2H3,(H,21,24)/t14-/m1/s1. The van der Waals surface area contributed by atoms with Crippen LogP contribution in [0.3, 0.4) is 0 Å². The van der Waals surface area contributed by atoms with Crippen LogP contribution in [0.25, 0.3) is 0 Å². The first kappa shape index (κ1) is 20.9. The average molecular weight is 385 g/mol. The maximum Gasteiger partial charge on any atom is 0.338 e. The molecule has 0 heterocycles. The highest BCUT2D eigenvalue weighted by molar-refractivity contribution is 5.93. The zero-order chi connectivity index (χ0) is 20.5. The van der Waals surface area contributed by atoms with E-state index in [-0.39, 0.29) is 23.0 Å². The maximum absolute atomic E-state index is 12.2. The SMILES string of the molecule is CCC[C@@H](C)NC(=O)COC(=O)c1ccc(Nc2ccccc2)c([N+](=O)[O-])c1. The quantitative estimate of drug-likeness (QED) is 0.386. The van der Waals surface area contributed by atoms with E-state index in [1.807, 2.05) is 19.9 Å². The number of benzene rings is 2. The molecule has 0 unspecified atom stereocenters. The van der Waals surface area contributed by atoms with Crippen LogP contribution in [-0.4, -0.2) is 29.4 Å². The summed E-state index contributed by atoms with van der Waals surface area (Å²) in [6, 6.07) is 12.9. The number of amides is 1. The Morgan fingerprint density at radius 3 is 2.54 bits per heavy atom. The summed E-state index contributed by atoms with van der Waals surface area (Å²) in [6.45, 7) is 3.43. The molecule has 0 radical (unpaired) electrons. The van der Waals surface area contributed by atoms with Gasteiger partial charge in [-0.25, -0.2) is 4.79 Å². The number of nitro benzene ring substituents is 1. The van der Waals surface area contributed by atoms with Crippen LogP contribution < -0.4 is 10.6 Å². The molecule has 28 heavy (non-hydrogen) atoms. The van der Waals surface area contributed by atoms with Gasteiger partial charge >= 0.3 is 5.97 Å². The minimum atomic E-state index is -0.798. The number of para-hydroxylation sites is 1. The highest BCUT2D eigenvalue weighted by Crippen LogP contribution is 2.28. The predicted molar refractivity (Wildman–Crippen MR) is 106 cm³/mol. The summed E-state index contributed by atoms with van der Waals surface area (Å²) in [4.78, 5) is 34.8. The lowest BCUT2D eigenvalue weighted by molar-refractivity contribution is -0.383. The van der Waals surface area contributed by atoms with E-state index in [0.717, 1.165) is 18.9 Å². The second-order valence-electron chi connectivity index (χ2n) is 6.31. The maximum atomic E-state index is 12.2. The Morgan fingerprint density at radius 1 is 1.18 bits per heavy atom. The number of esters is 1. The van der Waals surface area contributed by atoms with Gasteiger partial charge in [0.25, 0.3) is 11.6 Å². The minimum absolute atomic E-state index is 0.000261. The zero-order valence-corrected chi connectivity index (χ0v) is 15.8. The van der Waals surface area contributed by atoms with Crippen molar-refractivity contribution in [2.24, 2.45) is 0 Å². The summed E-state index contributed by atoms with van der Waals surface area (Å²) < 4.78 is 4.97. The Morgan fingerprint density at radius 2 is 1.89 bits per heavy atom. The topological polar surface area (TPSA) is 111 Å². The number of hydrogen-bond donors (Lipinski definition) is 2. The van der Waals surface area contributed by atoms with Crippen molar-refractivity contribution < 1.29 is 19.2 Å². The van der Waals surface area contributed by atoms with Crippen molar-refractivity contribution in [2.45, 2.75) is 32.7 Å². The molecule has 148 valence electrons. The summed E-state index contributed by atoms with van der Waals surface area (Å²) >= 11 is 0. The summed E-state index contributed by atoms with van der Waals surface area (Å²) in [5.41, 5.74) is 0.664.